The molecule has 1 aromatic rings. The van der Waals surface area contributed by atoms with E-state index in [4.69, 9.17) is 20.3 Å². The number of hydrogen-bond acceptors (Lipinski definition) is 4. The summed E-state index contributed by atoms with van der Waals surface area (Å²) in [5.74, 6) is -1.15. The monoisotopic (exact) mass is 275 g/mol. The quantitative estimate of drug-likeness (QED) is 0.824. The summed E-state index contributed by atoms with van der Waals surface area (Å²) in [7, 11) is 2.57. The third-order valence-electron chi connectivity index (χ3n) is 2.58. The second kappa shape index (κ2) is 6.33. The summed E-state index contributed by atoms with van der Waals surface area (Å²) in [5.41, 5.74) is 5.38. The topological polar surface area (TPSA) is 81.8 Å². The number of aliphatic carboxylic acids is 1. The molecule has 3 N–H and O–H groups in total. The molecule has 0 saturated carbocycles. The minimum absolute atomic E-state index is 0.0647. The highest BCUT2D eigenvalue weighted by Gasteiger charge is 2.21. The lowest BCUT2D eigenvalue weighted by Crippen LogP contribution is -2.32. The second-order valence-electron chi connectivity index (χ2n) is 3.87. The summed E-state index contributed by atoms with van der Waals surface area (Å²) < 4.78 is 35.7. The number of nitrogens with two attached hydrogens (primary N) is 1. The Balaban J connectivity index is 3.21. The molecule has 0 fully saturated rings. The summed E-state index contributed by atoms with van der Waals surface area (Å²) >= 11 is 0. The number of hydrogen-bond donors (Lipinski definition) is 2. The third-order valence-corrected chi connectivity index (χ3v) is 2.58. The van der Waals surface area contributed by atoms with Gasteiger partial charge in [0.2, 0.25) is 0 Å². The van der Waals surface area contributed by atoms with Crippen LogP contribution in [0.4, 0.5) is 8.78 Å². The fourth-order valence-corrected chi connectivity index (χ4v) is 1.67. The van der Waals surface area contributed by atoms with Crippen molar-refractivity contribution in [3.63, 3.8) is 0 Å². The Labute approximate surface area is 108 Å². The van der Waals surface area contributed by atoms with Gasteiger partial charge in [-0.05, 0) is 24.1 Å². The van der Waals surface area contributed by atoms with Gasteiger partial charge >= 0.3 is 5.97 Å². The Bertz CT molecular complexity index is 465. The van der Waals surface area contributed by atoms with E-state index in [-0.39, 0.29) is 23.5 Å². The average molecular weight is 275 g/mol. The largest absolute Gasteiger partial charge is 0.493 e. The summed E-state index contributed by atoms with van der Waals surface area (Å²) in [4.78, 5) is 10.7. The third kappa shape index (κ3) is 3.54. The summed E-state index contributed by atoms with van der Waals surface area (Å²) in [6, 6.07) is 1.45. The highest BCUT2D eigenvalue weighted by molar-refractivity contribution is 5.73. The van der Waals surface area contributed by atoms with Crippen molar-refractivity contribution in [2.75, 3.05) is 14.2 Å². The Morgan fingerprint density at radius 1 is 1.37 bits per heavy atom. The predicted molar refractivity (Wildman–Crippen MR) is 63.8 cm³/mol. The number of carbonyl (C=O) groups is 1. The molecule has 0 heterocycles. The van der Waals surface area contributed by atoms with Gasteiger partial charge in [0, 0.05) is 0 Å². The molecule has 0 amide bonds. The van der Waals surface area contributed by atoms with E-state index in [1.807, 2.05) is 0 Å². The van der Waals surface area contributed by atoms with Gasteiger partial charge in [-0.3, -0.25) is 4.79 Å². The lowest BCUT2D eigenvalue weighted by atomic mass is 10.0. The molecule has 0 spiro atoms. The van der Waals surface area contributed by atoms with E-state index in [9.17, 15) is 13.6 Å². The van der Waals surface area contributed by atoms with Crippen molar-refractivity contribution in [3.8, 4) is 11.5 Å². The van der Waals surface area contributed by atoms with Crippen LogP contribution in [0.3, 0.4) is 0 Å². The van der Waals surface area contributed by atoms with Gasteiger partial charge in [0.05, 0.1) is 19.8 Å². The van der Waals surface area contributed by atoms with Crippen LogP contribution in [0, 0.1) is 0 Å². The number of benzene rings is 1. The number of rotatable bonds is 6. The van der Waals surface area contributed by atoms with Crippen molar-refractivity contribution >= 4 is 5.97 Å². The van der Waals surface area contributed by atoms with Crippen molar-refractivity contribution in [2.45, 2.75) is 18.9 Å². The first-order chi connectivity index (χ1) is 8.90. The molecule has 5 nitrogen and oxygen atoms in total. The molecular weight excluding hydrogens is 260 g/mol. The van der Waals surface area contributed by atoms with Crippen LogP contribution in [-0.4, -0.2) is 31.3 Å². The van der Waals surface area contributed by atoms with Gasteiger partial charge in [-0.2, -0.15) is 0 Å². The van der Waals surface area contributed by atoms with E-state index in [2.05, 4.69) is 0 Å². The first-order valence-electron chi connectivity index (χ1n) is 5.42. The van der Waals surface area contributed by atoms with Crippen LogP contribution >= 0.6 is 0 Å². The SMILES string of the molecule is COc1cc(CC(N)C(=O)O)cc(C(F)F)c1OC. The Morgan fingerprint density at radius 2 is 2.00 bits per heavy atom. The number of halogens is 2. The predicted octanol–water partition coefficient (Wildman–Crippen LogP) is 1.60. The highest BCUT2D eigenvalue weighted by Crippen LogP contribution is 2.38. The smallest absolute Gasteiger partial charge is 0.320 e. The lowest BCUT2D eigenvalue weighted by Gasteiger charge is -2.15. The van der Waals surface area contributed by atoms with Crippen LogP contribution in [0.5, 0.6) is 11.5 Å². The number of carboxylic acids is 1. The second-order valence-corrected chi connectivity index (χ2v) is 3.87. The molecular formula is C12H15F2NO4. The van der Waals surface area contributed by atoms with Gasteiger partial charge in [0.25, 0.3) is 6.43 Å². The van der Waals surface area contributed by atoms with Gasteiger partial charge in [0.15, 0.2) is 11.5 Å². The van der Waals surface area contributed by atoms with Crippen LogP contribution in [-0.2, 0) is 11.2 Å². The fourth-order valence-electron chi connectivity index (χ4n) is 1.67. The molecule has 106 valence electrons. The number of carboxylic acid groups (broad SMARTS) is 1. The minimum Gasteiger partial charge on any atom is -0.493 e. The molecule has 1 unspecified atom stereocenters. The zero-order valence-electron chi connectivity index (χ0n) is 10.5. The molecule has 0 radical (unpaired) electrons. The van der Waals surface area contributed by atoms with E-state index < -0.39 is 18.4 Å². The zero-order chi connectivity index (χ0) is 14.6. The van der Waals surface area contributed by atoms with Gasteiger partial charge in [0.1, 0.15) is 6.04 Å². The van der Waals surface area contributed by atoms with E-state index in [1.54, 1.807) is 0 Å². The lowest BCUT2D eigenvalue weighted by molar-refractivity contribution is -0.138. The minimum atomic E-state index is -2.76. The van der Waals surface area contributed by atoms with Crippen molar-refractivity contribution in [3.05, 3.63) is 23.3 Å². The Hall–Kier alpha value is -1.89. The number of alkyl halides is 2. The fraction of sp³-hybridized carbons (Fsp3) is 0.417. The van der Waals surface area contributed by atoms with Crippen LogP contribution in [0.2, 0.25) is 0 Å². The molecule has 1 rings (SSSR count). The van der Waals surface area contributed by atoms with Crippen molar-refractivity contribution < 1.29 is 28.2 Å². The van der Waals surface area contributed by atoms with Gasteiger partial charge in [-0.1, -0.05) is 0 Å². The summed E-state index contributed by atoms with van der Waals surface area (Å²) in [6.45, 7) is 0. The summed E-state index contributed by atoms with van der Waals surface area (Å²) in [5, 5.41) is 8.72. The van der Waals surface area contributed by atoms with Gasteiger partial charge in [-0.15, -0.1) is 0 Å². The molecule has 0 aliphatic heterocycles. The molecule has 0 aliphatic rings. The maximum atomic E-state index is 12.9. The summed E-state index contributed by atoms with van der Waals surface area (Å²) in [6.07, 6.45) is -2.83. The van der Waals surface area contributed by atoms with Crippen molar-refractivity contribution in [2.24, 2.45) is 5.73 Å². The van der Waals surface area contributed by atoms with Crippen molar-refractivity contribution in [1.29, 1.82) is 0 Å². The standard InChI is InChI=1S/C12H15F2NO4/c1-18-9-5-6(4-8(15)12(16)17)3-7(11(13)14)10(9)19-2/h3,5,8,11H,4,15H2,1-2H3,(H,16,17). The van der Waals surface area contributed by atoms with Crippen LogP contribution in [0.15, 0.2) is 12.1 Å². The van der Waals surface area contributed by atoms with Crippen molar-refractivity contribution in [1.82, 2.24) is 0 Å². The maximum absolute atomic E-state index is 12.9. The average Bonchev–Trinajstić information content (AvgIpc) is 2.37. The Kier molecular flexibility index (Phi) is 5.05. The normalized spacial score (nSPS) is 12.3. The molecule has 0 saturated heterocycles. The molecule has 1 aromatic carbocycles. The zero-order valence-corrected chi connectivity index (χ0v) is 10.5. The molecule has 0 bridgehead atoms. The molecule has 7 heteroatoms. The number of ether oxygens (including phenoxy) is 2. The molecule has 19 heavy (non-hydrogen) atoms. The Morgan fingerprint density at radius 3 is 2.42 bits per heavy atom. The van der Waals surface area contributed by atoms with Gasteiger partial charge in [-0.25, -0.2) is 8.78 Å². The maximum Gasteiger partial charge on any atom is 0.320 e. The molecule has 0 aromatic heterocycles. The van der Waals surface area contributed by atoms with E-state index in [1.165, 1.54) is 26.4 Å². The van der Waals surface area contributed by atoms with E-state index >= 15 is 0 Å². The molecule has 1 atom stereocenters. The molecule has 0 aliphatic carbocycles. The van der Waals surface area contributed by atoms with E-state index in [0.29, 0.717) is 5.56 Å². The van der Waals surface area contributed by atoms with Crippen LogP contribution < -0.4 is 15.2 Å². The van der Waals surface area contributed by atoms with Gasteiger partial charge < -0.3 is 20.3 Å². The number of methoxy groups -OCH3 is 2. The highest BCUT2D eigenvalue weighted by atomic mass is 19.3. The van der Waals surface area contributed by atoms with Crippen LogP contribution in [0.25, 0.3) is 0 Å². The van der Waals surface area contributed by atoms with E-state index in [0.717, 1.165) is 0 Å². The van der Waals surface area contributed by atoms with Crippen LogP contribution in [0.1, 0.15) is 17.6 Å². The first-order valence-corrected chi connectivity index (χ1v) is 5.42. The first kappa shape index (κ1) is 15.2.